The summed E-state index contributed by atoms with van der Waals surface area (Å²) in [4.78, 5) is 21.9. The number of aliphatic carboxylic acids is 1. The summed E-state index contributed by atoms with van der Waals surface area (Å²) in [7, 11) is 1.55. The van der Waals surface area contributed by atoms with Crippen molar-refractivity contribution in [2.45, 2.75) is 19.3 Å². The molecule has 1 aromatic heterocycles. The van der Waals surface area contributed by atoms with E-state index >= 15 is 0 Å². The Bertz CT molecular complexity index is 386. The van der Waals surface area contributed by atoms with E-state index < -0.39 is 11.4 Å². The molecule has 2 N–H and O–H groups in total. The number of carbonyl (C=O) groups is 1. The lowest BCUT2D eigenvalue weighted by Gasteiger charge is -2.16. The number of nitrogens with one attached hydrogen (secondary N) is 1. The largest absolute Gasteiger partial charge is 0.481 e. The third kappa shape index (κ3) is 1.49. The number of carboxylic acids is 1. The fourth-order valence-corrected chi connectivity index (χ4v) is 0.924. The van der Waals surface area contributed by atoms with Crippen LogP contribution in [0.15, 0.2) is 10.9 Å². The van der Waals surface area contributed by atoms with Crippen LogP contribution in [0.3, 0.4) is 0 Å². The second-order valence-electron chi connectivity index (χ2n) is 3.50. The van der Waals surface area contributed by atoms with Crippen LogP contribution in [0.4, 0.5) is 0 Å². The summed E-state index contributed by atoms with van der Waals surface area (Å²) in [6.45, 7) is 3.08. The van der Waals surface area contributed by atoms with Gasteiger partial charge in [0.1, 0.15) is 5.41 Å². The molecule has 1 aromatic rings. The number of hydrogen-bond acceptors (Lipinski definition) is 2. The number of H-pyrrole nitrogens is 1. The molecule has 0 fully saturated rings. The van der Waals surface area contributed by atoms with Gasteiger partial charge in [-0.3, -0.25) is 19.4 Å². The first-order valence-corrected chi connectivity index (χ1v) is 3.85. The van der Waals surface area contributed by atoms with Crippen molar-refractivity contribution < 1.29 is 9.90 Å². The summed E-state index contributed by atoms with van der Waals surface area (Å²) >= 11 is 0. The third-order valence-electron chi connectivity index (χ3n) is 2.09. The predicted molar refractivity (Wildman–Crippen MR) is 46.7 cm³/mol. The second kappa shape index (κ2) is 2.76. The van der Waals surface area contributed by atoms with Crippen molar-refractivity contribution in [2.24, 2.45) is 7.05 Å². The number of rotatable bonds is 2. The molecule has 0 saturated heterocycles. The van der Waals surface area contributed by atoms with Gasteiger partial charge in [0, 0.05) is 13.1 Å². The van der Waals surface area contributed by atoms with Gasteiger partial charge < -0.3 is 5.11 Å². The first-order valence-electron chi connectivity index (χ1n) is 3.85. The van der Waals surface area contributed by atoms with Crippen LogP contribution in [0, 0.1) is 0 Å². The van der Waals surface area contributed by atoms with Gasteiger partial charge in [-0.05, 0) is 13.8 Å². The molecule has 5 heteroatoms. The van der Waals surface area contributed by atoms with Gasteiger partial charge in [0.25, 0.3) is 5.56 Å². The lowest BCUT2D eigenvalue weighted by Crippen LogP contribution is -2.29. The fraction of sp³-hybridized carbons (Fsp3) is 0.500. The monoisotopic (exact) mass is 184 g/mol. The molecule has 1 rings (SSSR count). The van der Waals surface area contributed by atoms with E-state index in [0.29, 0.717) is 5.69 Å². The summed E-state index contributed by atoms with van der Waals surface area (Å²) in [6, 6.07) is 1.30. The fourth-order valence-electron chi connectivity index (χ4n) is 0.924. The standard InChI is InChI=1S/C8H12N2O3/c1-8(2,7(12)13)5-4-6(11)10(3)9-5/h4,9H,1-3H3,(H,12,13). The Morgan fingerprint density at radius 2 is 2.15 bits per heavy atom. The minimum absolute atomic E-state index is 0.232. The molecule has 0 saturated carbocycles. The van der Waals surface area contributed by atoms with Crippen LogP contribution < -0.4 is 5.56 Å². The van der Waals surface area contributed by atoms with E-state index in [4.69, 9.17) is 5.11 Å². The molecule has 0 spiro atoms. The summed E-state index contributed by atoms with van der Waals surface area (Å²) in [5.41, 5.74) is -0.878. The lowest BCUT2D eigenvalue weighted by molar-refractivity contribution is -0.142. The van der Waals surface area contributed by atoms with Crippen molar-refractivity contribution in [3.8, 4) is 0 Å². The SMILES string of the molecule is Cn1[nH]c(C(C)(C)C(=O)O)cc1=O. The van der Waals surface area contributed by atoms with E-state index in [1.807, 2.05) is 0 Å². The second-order valence-corrected chi connectivity index (χ2v) is 3.50. The molecule has 0 aliphatic carbocycles. The van der Waals surface area contributed by atoms with E-state index in [9.17, 15) is 9.59 Å². The van der Waals surface area contributed by atoms with Gasteiger partial charge in [-0.1, -0.05) is 0 Å². The molecule has 0 atom stereocenters. The van der Waals surface area contributed by atoms with Crippen molar-refractivity contribution in [2.75, 3.05) is 0 Å². The molecule has 1 heterocycles. The molecule has 13 heavy (non-hydrogen) atoms. The molecule has 0 radical (unpaired) electrons. The highest BCUT2D eigenvalue weighted by Gasteiger charge is 2.31. The van der Waals surface area contributed by atoms with Crippen molar-refractivity contribution in [1.82, 2.24) is 9.78 Å². The van der Waals surface area contributed by atoms with E-state index in [0.717, 1.165) is 0 Å². The Hall–Kier alpha value is -1.52. The highest BCUT2D eigenvalue weighted by Crippen LogP contribution is 2.19. The molecule has 72 valence electrons. The zero-order valence-corrected chi connectivity index (χ0v) is 7.79. The number of hydrogen-bond donors (Lipinski definition) is 2. The van der Waals surface area contributed by atoms with Crippen molar-refractivity contribution in [3.63, 3.8) is 0 Å². The Labute approximate surface area is 75.0 Å². The maximum Gasteiger partial charge on any atom is 0.315 e. The first kappa shape index (κ1) is 9.57. The normalized spacial score (nSPS) is 11.6. The Morgan fingerprint density at radius 1 is 1.62 bits per heavy atom. The van der Waals surface area contributed by atoms with Gasteiger partial charge in [0.2, 0.25) is 0 Å². The topological polar surface area (TPSA) is 75.1 Å². The van der Waals surface area contributed by atoms with Crippen LogP contribution in [0.25, 0.3) is 0 Å². The minimum Gasteiger partial charge on any atom is -0.481 e. The number of aryl methyl sites for hydroxylation is 1. The van der Waals surface area contributed by atoms with Crippen molar-refractivity contribution >= 4 is 5.97 Å². The molecule has 0 unspecified atom stereocenters. The molecule has 0 aliphatic heterocycles. The molecule has 5 nitrogen and oxygen atoms in total. The molecule has 0 aromatic carbocycles. The zero-order chi connectivity index (χ0) is 10.2. The van der Waals surface area contributed by atoms with E-state index in [2.05, 4.69) is 5.10 Å². The molecular weight excluding hydrogens is 172 g/mol. The average Bonchev–Trinajstić information content (AvgIpc) is 2.32. The summed E-state index contributed by atoms with van der Waals surface area (Å²) in [5, 5.41) is 11.6. The number of carboxylic acid groups (broad SMARTS) is 1. The van der Waals surface area contributed by atoms with E-state index in [-0.39, 0.29) is 5.56 Å². The summed E-state index contributed by atoms with van der Waals surface area (Å²) in [6.07, 6.45) is 0. The maximum absolute atomic E-state index is 11.0. The van der Waals surface area contributed by atoms with Crippen LogP contribution in [-0.2, 0) is 17.3 Å². The number of aromatic amines is 1. The quantitative estimate of drug-likeness (QED) is 0.683. The van der Waals surface area contributed by atoms with Gasteiger partial charge >= 0.3 is 5.97 Å². The molecular formula is C8H12N2O3. The minimum atomic E-state index is -1.06. The van der Waals surface area contributed by atoms with E-state index in [1.165, 1.54) is 10.7 Å². The number of nitrogens with zero attached hydrogens (tertiary/aromatic N) is 1. The molecule has 0 bridgehead atoms. The summed E-state index contributed by atoms with van der Waals surface area (Å²) in [5.74, 6) is -0.964. The maximum atomic E-state index is 11.0. The van der Waals surface area contributed by atoms with Crippen LogP contribution in [0.2, 0.25) is 0 Å². The van der Waals surface area contributed by atoms with E-state index in [1.54, 1.807) is 20.9 Å². The Balaban J connectivity index is 3.23. The zero-order valence-electron chi connectivity index (χ0n) is 7.79. The van der Waals surface area contributed by atoms with Gasteiger partial charge in [-0.15, -0.1) is 0 Å². The van der Waals surface area contributed by atoms with Gasteiger partial charge in [-0.2, -0.15) is 0 Å². The summed E-state index contributed by atoms with van der Waals surface area (Å²) < 4.78 is 1.25. The first-order chi connectivity index (χ1) is 5.85. The van der Waals surface area contributed by atoms with Gasteiger partial charge in [0.05, 0.1) is 5.69 Å². The lowest BCUT2D eigenvalue weighted by atomic mass is 9.90. The molecule has 0 amide bonds. The Morgan fingerprint density at radius 3 is 2.46 bits per heavy atom. The van der Waals surface area contributed by atoms with Crippen LogP contribution in [0.1, 0.15) is 19.5 Å². The van der Waals surface area contributed by atoms with Gasteiger partial charge in [-0.25, -0.2) is 0 Å². The number of aromatic nitrogens is 2. The van der Waals surface area contributed by atoms with Crippen LogP contribution in [-0.4, -0.2) is 20.9 Å². The third-order valence-corrected chi connectivity index (χ3v) is 2.09. The highest BCUT2D eigenvalue weighted by molar-refractivity contribution is 5.79. The van der Waals surface area contributed by atoms with Gasteiger partial charge in [0.15, 0.2) is 0 Å². The van der Waals surface area contributed by atoms with Crippen molar-refractivity contribution in [1.29, 1.82) is 0 Å². The average molecular weight is 184 g/mol. The molecule has 0 aliphatic rings. The smallest absolute Gasteiger partial charge is 0.315 e. The Kier molecular flexibility index (Phi) is 2.03. The van der Waals surface area contributed by atoms with Crippen LogP contribution in [0.5, 0.6) is 0 Å². The highest BCUT2D eigenvalue weighted by atomic mass is 16.4. The van der Waals surface area contributed by atoms with Crippen molar-refractivity contribution in [3.05, 3.63) is 22.1 Å². The van der Waals surface area contributed by atoms with Crippen LogP contribution >= 0.6 is 0 Å². The predicted octanol–water partition coefficient (Wildman–Crippen LogP) is 0.0756.